The van der Waals surface area contributed by atoms with Gasteiger partial charge in [-0.05, 0) is 31.1 Å². The molecule has 0 aromatic rings. The second-order valence-electron chi connectivity index (χ2n) is 5.59. The van der Waals surface area contributed by atoms with Crippen molar-refractivity contribution in [3.8, 4) is 0 Å². The quantitative estimate of drug-likeness (QED) is 0.337. The minimum Gasteiger partial charge on any atom is -0.462 e. The summed E-state index contributed by atoms with van der Waals surface area (Å²) in [6.45, 7) is 10.6. The monoisotopic (exact) mass is 254 g/mol. The van der Waals surface area contributed by atoms with Crippen LogP contribution in [0.5, 0.6) is 0 Å². The lowest BCUT2D eigenvalue weighted by Crippen LogP contribution is -2.28. The zero-order valence-electron chi connectivity index (χ0n) is 12.7. The Morgan fingerprint density at radius 1 is 1.06 bits per heavy atom. The minimum atomic E-state index is -0.0497. The first-order valence-corrected chi connectivity index (χ1v) is 7.33. The number of carbonyl (C=O) groups excluding carboxylic acids is 1. The Bertz CT molecular complexity index is 233. The van der Waals surface area contributed by atoms with E-state index in [1.54, 1.807) is 0 Å². The molecule has 0 bridgehead atoms. The molecular formula is C16H30O2. The van der Waals surface area contributed by atoms with Crippen molar-refractivity contribution in [3.05, 3.63) is 12.2 Å². The van der Waals surface area contributed by atoms with E-state index < -0.39 is 0 Å². The predicted octanol–water partition coefficient (Wildman–Crippen LogP) is 4.74. The first-order chi connectivity index (χ1) is 8.49. The van der Waals surface area contributed by atoms with Crippen LogP contribution in [0.3, 0.4) is 0 Å². The number of ether oxygens (including phenoxy) is 1. The summed E-state index contributed by atoms with van der Waals surface area (Å²) in [7, 11) is 0. The molecule has 0 N–H and O–H groups in total. The maximum Gasteiger partial charge on any atom is 0.306 e. The van der Waals surface area contributed by atoms with Crippen molar-refractivity contribution in [3.63, 3.8) is 0 Å². The molecule has 0 radical (unpaired) electrons. The van der Waals surface area contributed by atoms with Crippen molar-refractivity contribution in [2.24, 2.45) is 11.8 Å². The molecule has 2 nitrogen and oxygen atoms in total. The summed E-state index contributed by atoms with van der Waals surface area (Å²) in [6, 6.07) is 0. The van der Waals surface area contributed by atoms with Crippen LogP contribution in [0.1, 0.15) is 66.7 Å². The fourth-order valence-electron chi connectivity index (χ4n) is 2.02. The van der Waals surface area contributed by atoms with Gasteiger partial charge in [0.1, 0.15) is 6.10 Å². The van der Waals surface area contributed by atoms with Gasteiger partial charge in [0.05, 0.1) is 0 Å². The topological polar surface area (TPSA) is 26.3 Å². The van der Waals surface area contributed by atoms with Gasteiger partial charge in [-0.15, -0.1) is 0 Å². The standard InChI is InChI=1S/C16H30O2/c1-6-7-8-9-10-11-12-15(17)18-16(13(2)3)14(4)5/h8-9,13-14,16H,6-7,10-12H2,1-5H3/b9-8+. The molecule has 0 fully saturated rings. The van der Waals surface area contributed by atoms with E-state index in [1.165, 1.54) is 6.42 Å². The molecule has 0 aliphatic carbocycles. The molecule has 18 heavy (non-hydrogen) atoms. The average molecular weight is 254 g/mol. The normalized spacial score (nSPS) is 12.0. The molecule has 0 saturated heterocycles. The van der Waals surface area contributed by atoms with Crippen LogP contribution in [0.4, 0.5) is 0 Å². The summed E-state index contributed by atoms with van der Waals surface area (Å²) in [5.74, 6) is 0.725. The number of unbranched alkanes of at least 4 members (excludes halogenated alkanes) is 2. The van der Waals surface area contributed by atoms with Gasteiger partial charge in [-0.3, -0.25) is 4.79 Å². The highest BCUT2D eigenvalue weighted by Gasteiger charge is 2.21. The predicted molar refractivity (Wildman–Crippen MR) is 77.5 cm³/mol. The van der Waals surface area contributed by atoms with Gasteiger partial charge in [0, 0.05) is 6.42 Å². The first-order valence-electron chi connectivity index (χ1n) is 7.33. The van der Waals surface area contributed by atoms with Crippen LogP contribution in [0.15, 0.2) is 12.2 Å². The molecule has 2 heteroatoms. The fraction of sp³-hybridized carbons (Fsp3) is 0.812. The molecule has 0 heterocycles. The third kappa shape index (κ3) is 8.32. The molecule has 0 aliphatic rings. The summed E-state index contributed by atoms with van der Waals surface area (Å²) in [5.41, 5.74) is 0. The summed E-state index contributed by atoms with van der Waals surface area (Å²) in [5, 5.41) is 0. The highest BCUT2D eigenvalue weighted by molar-refractivity contribution is 5.69. The first kappa shape index (κ1) is 17.2. The van der Waals surface area contributed by atoms with Crippen LogP contribution < -0.4 is 0 Å². The molecule has 0 saturated carbocycles. The molecule has 0 unspecified atom stereocenters. The molecule has 0 atom stereocenters. The van der Waals surface area contributed by atoms with Gasteiger partial charge in [-0.25, -0.2) is 0 Å². The lowest BCUT2D eigenvalue weighted by molar-refractivity contribution is -0.154. The van der Waals surface area contributed by atoms with E-state index in [4.69, 9.17) is 4.74 Å². The van der Waals surface area contributed by atoms with Crippen LogP contribution in [0.25, 0.3) is 0 Å². The number of hydrogen-bond acceptors (Lipinski definition) is 2. The van der Waals surface area contributed by atoms with E-state index in [1.807, 2.05) is 0 Å². The third-order valence-electron chi connectivity index (χ3n) is 2.96. The molecule has 0 aromatic heterocycles. The minimum absolute atomic E-state index is 0.0492. The van der Waals surface area contributed by atoms with Crippen molar-refractivity contribution >= 4 is 5.97 Å². The van der Waals surface area contributed by atoms with Crippen molar-refractivity contribution in [2.45, 2.75) is 72.8 Å². The van der Waals surface area contributed by atoms with Crippen LogP contribution in [-0.2, 0) is 9.53 Å². The van der Waals surface area contributed by atoms with Gasteiger partial charge in [-0.2, -0.15) is 0 Å². The van der Waals surface area contributed by atoms with Crippen molar-refractivity contribution in [1.29, 1.82) is 0 Å². The van der Waals surface area contributed by atoms with Gasteiger partial charge in [0.15, 0.2) is 0 Å². The molecule has 0 spiro atoms. The van der Waals surface area contributed by atoms with E-state index in [0.29, 0.717) is 18.3 Å². The highest BCUT2D eigenvalue weighted by atomic mass is 16.5. The van der Waals surface area contributed by atoms with Gasteiger partial charge < -0.3 is 4.74 Å². The SMILES string of the molecule is CCC/C=C/CCCC(=O)OC(C(C)C)C(C)C. The molecule has 0 aliphatic heterocycles. The van der Waals surface area contributed by atoms with E-state index in [2.05, 4.69) is 46.8 Å². The lowest BCUT2D eigenvalue weighted by atomic mass is 9.96. The maximum atomic E-state index is 11.7. The van der Waals surface area contributed by atoms with Crippen molar-refractivity contribution in [1.82, 2.24) is 0 Å². The Labute approximate surface area is 113 Å². The summed E-state index contributed by atoms with van der Waals surface area (Å²) in [4.78, 5) is 11.7. The molecule has 0 rings (SSSR count). The summed E-state index contributed by atoms with van der Waals surface area (Å²) in [6.07, 6.45) is 9.12. The summed E-state index contributed by atoms with van der Waals surface area (Å²) < 4.78 is 5.54. The van der Waals surface area contributed by atoms with Crippen molar-refractivity contribution < 1.29 is 9.53 Å². The van der Waals surface area contributed by atoms with Gasteiger partial charge in [-0.1, -0.05) is 53.2 Å². The van der Waals surface area contributed by atoms with E-state index in [0.717, 1.165) is 19.3 Å². The van der Waals surface area contributed by atoms with Crippen LogP contribution in [0, 0.1) is 11.8 Å². The highest BCUT2D eigenvalue weighted by Crippen LogP contribution is 2.17. The zero-order chi connectivity index (χ0) is 14.0. The van der Waals surface area contributed by atoms with E-state index >= 15 is 0 Å². The summed E-state index contributed by atoms with van der Waals surface area (Å²) >= 11 is 0. The third-order valence-corrected chi connectivity index (χ3v) is 2.96. The smallest absolute Gasteiger partial charge is 0.306 e. The average Bonchev–Trinajstić information content (AvgIpc) is 2.29. The second-order valence-corrected chi connectivity index (χ2v) is 5.59. The zero-order valence-corrected chi connectivity index (χ0v) is 12.7. The van der Waals surface area contributed by atoms with Crippen LogP contribution in [-0.4, -0.2) is 12.1 Å². The number of esters is 1. The maximum absolute atomic E-state index is 11.7. The molecular weight excluding hydrogens is 224 g/mol. The van der Waals surface area contributed by atoms with E-state index in [9.17, 15) is 4.79 Å². The second kappa shape index (κ2) is 10.2. The Balaban J connectivity index is 3.82. The Kier molecular flexibility index (Phi) is 9.72. The number of hydrogen-bond donors (Lipinski definition) is 0. The number of rotatable bonds is 9. The largest absolute Gasteiger partial charge is 0.462 e. The number of carbonyl (C=O) groups is 1. The molecule has 106 valence electrons. The lowest BCUT2D eigenvalue weighted by Gasteiger charge is -2.24. The van der Waals surface area contributed by atoms with Crippen molar-refractivity contribution in [2.75, 3.05) is 0 Å². The molecule has 0 aromatic carbocycles. The Morgan fingerprint density at radius 3 is 2.11 bits per heavy atom. The number of allylic oxidation sites excluding steroid dienone is 2. The Hall–Kier alpha value is -0.790. The van der Waals surface area contributed by atoms with Gasteiger partial charge >= 0.3 is 5.97 Å². The van der Waals surface area contributed by atoms with E-state index in [-0.39, 0.29) is 12.1 Å². The fourth-order valence-corrected chi connectivity index (χ4v) is 2.02. The van der Waals surface area contributed by atoms with Gasteiger partial charge in [0.2, 0.25) is 0 Å². The van der Waals surface area contributed by atoms with Crippen LogP contribution in [0.2, 0.25) is 0 Å². The van der Waals surface area contributed by atoms with Crippen LogP contribution >= 0.6 is 0 Å². The molecule has 0 amide bonds. The Morgan fingerprint density at radius 2 is 1.61 bits per heavy atom. The van der Waals surface area contributed by atoms with Gasteiger partial charge in [0.25, 0.3) is 0 Å².